The number of fused-ring (bicyclic) bond motifs is 1. The van der Waals surface area contributed by atoms with E-state index in [0.717, 1.165) is 29.2 Å². The lowest BCUT2D eigenvalue weighted by atomic mass is 9.89. The average Bonchev–Trinajstić information content (AvgIpc) is 3.52. The molecular weight excluding hydrogens is 617 g/mol. The van der Waals surface area contributed by atoms with Gasteiger partial charge in [0.2, 0.25) is 0 Å². The summed E-state index contributed by atoms with van der Waals surface area (Å²) in [6, 6.07) is 5.32. The molecule has 2 aliphatic heterocycles. The summed E-state index contributed by atoms with van der Waals surface area (Å²) in [4.78, 5) is 14.4. The summed E-state index contributed by atoms with van der Waals surface area (Å²) >= 11 is 0. The lowest BCUT2D eigenvalue weighted by molar-refractivity contribution is -0.138. The maximum atomic E-state index is 14.8. The predicted molar refractivity (Wildman–Crippen MR) is 145 cm³/mol. The Hall–Kier alpha value is -3.90. The Kier molecular flexibility index (Phi) is 8.06. The number of halogens is 9. The van der Waals surface area contributed by atoms with Crippen LogP contribution in [-0.4, -0.2) is 24.1 Å². The second kappa shape index (κ2) is 11.2. The highest BCUT2D eigenvalue weighted by Gasteiger charge is 2.52. The SMILES string of the molecule is COc1cc(F)c(C(C)C)cc1-c1ccc(C(F)(F)F)cc1[C@@H]1CC[C@H]2[C@@H](c3cc(C(C)(F)F)cc(C(F)(F)F)c3)OC(=O)N12. The van der Waals surface area contributed by atoms with Crippen molar-refractivity contribution >= 4 is 6.09 Å². The number of cyclic esters (lactones) is 1. The number of carbonyl (C=O) groups is 1. The smallest absolute Gasteiger partial charge is 0.416 e. The van der Waals surface area contributed by atoms with E-state index < -0.39 is 65.1 Å². The standard InChI is InChI=1S/C32H28F9NO3/c1-15(2)21-13-23(27(44-4)14-24(21)33)20-6-5-17(31(36,37)38)12-22(20)25-7-8-26-28(45-29(43)42(25)26)16-9-18(30(3,34)35)11-19(10-16)32(39,40)41/h5-6,9-15,25-26,28H,7-8H2,1-4H3/t25-,26-,28+/m0/s1. The van der Waals surface area contributed by atoms with Crippen LogP contribution in [-0.2, 0) is 23.0 Å². The van der Waals surface area contributed by atoms with Crippen LogP contribution in [0, 0.1) is 5.82 Å². The molecule has 0 bridgehead atoms. The van der Waals surface area contributed by atoms with Crippen LogP contribution in [0.1, 0.15) is 85.1 Å². The molecule has 13 heteroatoms. The molecule has 4 nitrogen and oxygen atoms in total. The molecule has 0 N–H and O–H groups in total. The van der Waals surface area contributed by atoms with Crippen molar-refractivity contribution in [2.75, 3.05) is 7.11 Å². The van der Waals surface area contributed by atoms with E-state index in [4.69, 9.17) is 9.47 Å². The van der Waals surface area contributed by atoms with Gasteiger partial charge < -0.3 is 9.47 Å². The summed E-state index contributed by atoms with van der Waals surface area (Å²) in [6.45, 7) is 3.91. The molecule has 0 radical (unpaired) electrons. The van der Waals surface area contributed by atoms with E-state index >= 15 is 0 Å². The van der Waals surface area contributed by atoms with Crippen LogP contribution in [0.3, 0.4) is 0 Å². The minimum Gasteiger partial charge on any atom is -0.496 e. The topological polar surface area (TPSA) is 38.8 Å². The van der Waals surface area contributed by atoms with Crippen LogP contribution in [0.25, 0.3) is 11.1 Å². The van der Waals surface area contributed by atoms with Crippen molar-refractivity contribution in [2.45, 2.75) is 76.0 Å². The number of alkyl halides is 8. The van der Waals surface area contributed by atoms with Gasteiger partial charge in [-0.1, -0.05) is 19.9 Å². The number of amides is 1. The van der Waals surface area contributed by atoms with Gasteiger partial charge in [-0.2, -0.15) is 26.3 Å². The van der Waals surface area contributed by atoms with Crippen LogP contribution in [0.15, 0.2) is 48.5 Å². The zero-order valence-electron chi connectivity index (χ0n) is 24.4. The molecular formula is C32H28F9NO3. The number of nitrogens with zero attached hydrogens (tertiary/aromatic N) is 1. The number of methoxy groups -OCH3 is 1. The highest BCUT2D eigenvalue weighted by atomic mass is 19.4. The van der Waals surface area contributed by atoms with E-state index in [0.29, 0.717) is 19.1 Å². The largest absolute Gasteiger partial charge is 0.496 e. The fourth-order valence-electron chi connectivity index (χ4n) is 6.13. The average molecular weight is 646 g/mol. The lowest BCUT2D eigenvalue weighted by Crippen LogP contribution is -2.31. The zero-order valence-corrected chi connectivity index (χ0v) is 24.4. The Balaban J connectivity index is 1.64. The molecule has 3 aromatic rings. The Morgan fingerprint density at radius 1 is 0.844 bits per heavy atom. The molecule has 0 unspecified atom stereocenters. The van der Waals surface area contributed by atoms with Crippen LogP contribution >= 0.6 is 0 Å². The van der Waals surface area contributed by atoms with Gasteiger partial charge in [0, 0.05) is 24.1 Å². The van der Waals surface area contributed by atoms with Crippen LogP contribution in [0.2, 0.25) is 0 Å². The number of ether oxygens (including phenoxy) is 2. The summed E-state index contributed by atoms with van der Waals surface area (Å²) in [5.74, 6) is -4.49. The first kappa shape index (κ1) is 32.5. The lowest BCUT2D eigenvalue weighted by Gasteiger charge is -2.26. The van der Waals surface area contributed by atoms with Crippen molar-refractivity contribution in [1.29, 1.82) is 0 Å². The molecule has 3 aromatic carbocycles. The van der Waals surface area contributed by atoms with Crippen molar-refractivity contribution < 1.29 is 53.8 Å². The van der Waals surface area contributed by atoms with E-state index in [1.54, 1.807) is 13.8 Å². The Labute approximate surface area is 252 Å². The number of carbonyl (C=O) groups excluding carboxylic acids is 1. The van der Waals surface area contributed by atoms with Gasteiger partial charge in [0.05, 0.1) is 30.3 Å². The second-order valence-electron chi connectivity index (χ2n) is 11.6. The number of hydrogen-bond acceptors (Lipinski definition) is 3. The molecule has 0 aromatic heterocycles. The maximum absolute atomic E-state index is 14.8. The monoisotopic (exact) mass is 645 g/mol. The van der Waals surface area contributed by atoms with E-state index in [1.165, 1.54) is 19.2 Å². The minimum absolute atomic E-state index is 0.0336. The second-order valence-corrected chi connectivity index (χ2v) is 11.6. The third kappa shape index (κ3) is 6.05. The molecule has 45 heavy (non-hydrogen) atoms. The normalized spacial score (nSPS) is 20.5. The molecule has 0 saturated carbocycles. The van der Waals surface area contributed by atoms with Gasteiger partial charge in [-0.05, 0) is 77.4 Å². The Bertz CT molecular complexity index is 1590. The Morgan fingerprint density at radius 3 is 2.07 bits per heavy atom. The van der Waals surface area contributed by atoms with Crippen molar-refractivity contribution in [3.63, 3.8) is 0 Å². The fourth-order valence-corrected chi connectivity index (χ4v) is 6.13. The molecule has 2 aliphatic rings. The van der Waals surface area contributed by atoms with Crippen molar-refractivity contribution in [3.05, 3.63) is 87.7 Å². The number of hydrogen-bond donors (Lipinski definition) is 0. The highest BCUT2D eigenvalue weighted by Crippen LogP contribution is 2.51. The predicted octanol–water partition coefficient (Wildman–Crippen LogP) is 10.2. The fraction of sp³-hybridized carbons (Fsp3) is 0.406. The number of rotatable bonds is 6. The molecule has 0 spiro atoms. The van der Waals surface area contributed by atoms with Crippen molar-refractivity contribution in [1.82, 2.24) is 4.90 Å². The maximum Gasteiger partial charge on any atom is 0.416 e. The molecule has 3 atom stereocenters. The van der Waals surface area contributed by atoms with Crippen molar-refractivity contribution in [2.24, 2.45) is 0 Å². The zero-order chi connectivity index (χ0) is 33.2. The first-order valence-corrected chi connectivity index (χ1v) is 14.0. The molecule has 2 fully saturated rings. The van der Waals surface area contributed by atoms with Gasteiger partial charge in [-0.25, -0.2) is 18.0 Å². The minimum atomic E-state index is -4.98. The van der Waals surface area contributed by atoms with Crippen molar-refractivity contribution in [3.8, 4) is 16.9 Å². The van der Waals surface area contributed by atoms with E-state index in [9.17, 15) is 44.3 Å². The van der Waals surface area contributed by atoms with Gasteiger partial charge in [0.15, 0.2) is 0 Å². The first-order valence-electron chi connectivity index (χ1n) is 14.0. The summed E-state index contributed by atoms with van der Waals surface area (Å²) in [5.41, 5.74) is -2.82. The van der Waals surface area contributed by atoms with Gasteiger partial charge in [0.1, 0.15) is 17.7 Å². The van der Waals surface area contributed by atoms with Gasteiger partial charge in [-0.15, -0.1) is 0 Å². The van der Waals surface area contributed by atoms with Gasteiger partial charge >= 0.3 is 18.4 Å². The van der Waals surface area contributed by atoms with E-state index in [1.807, 2.05) is 0 Å². The summed E-state index contributed by atoms with van der Waals surface area (Å²) in [5, 5.41) is 0. The van der Waals surface area contributed by atoms with Crippen LogP contribution in [0.4, 0.5) is 44.3 Å². The van der Waals surface area contributed by atoms with E-state index in [-0.39, 0.29) is 52.3 Å². The molecule has 2 saturated heterocycles. The first-order chi connectivity index (χ1) is 20.8. The quantitative estimate of drug-likeness (QED) is 0.251. The summed E-state index contributed by atoms with van der Waals surface area (Å²) in [6.07, 6.45) is -12.0. The third-order valence-corrected chi connectivity index (χ3v) is 8.30. The summed E-state index contributed by atoms with van der Waals surface area (Å²) < 4.78 is 137. The Morgan fingerprint density at radius 2 is 1.49 bits per heavy atom. The summed E-state index contributed by atoms with van der Waals surface area (Å²) in [7, 11) is 1.27. The molecule has 242 valence electrons. The van der Waals surface area contributed by atoms with Gasteiger partial charge in [-0.3, -0.25) is 4.90 Å². The van der Waals surface area contributed by atoms with E-state index in [2.05, 4.69) is 0 Å². The molecule has 5 rings (SSSR count). The van der Waals surface area contributed by atoms with Gasteiger partial charge in [0.25, 0.3) is 5.92 Å². The molecule has 2 heterocycles. The van der Waals surface area contributed by atoms with Crippen LogP contribution < -0.4 is 4.74 Å². The van der Waals surface area contributed by atoms with Crippen LogP contribution in [0.5, 0.6) is 5.75 Å². The third-order valence-electron chi connectivity index (χ3n) is 8.30. The molecule has 1 amide bonds. The number of benzene rings is 3. The highest BCUT2D eigenvalue weighted by molar-refractivity contribution is 5.78. The molecule has 0 aliphatic carbocycles.